The van der Waals surface area contributed by atoms with Gasteiger partial charge in [-0.05, 0) is 25.3 Å². The lowest BCUT2D eigenvalue weighted by molar-refractivity contribution is -0.225. The summed E-state index contributed by atoms with van der Waals surface area (Å²) in [5.41, 5.74) is 0.896. The van der Waals surface area contributed by atoms with Crippen molar-refractivity contribution in [2.45, 2.75) is 88.7 Å². The van der Waals surface area contributed by atoms with Gasteiger partial charge in [-0.3, -0.25) is 14.4 Å². The molecule has 1 aromatic carbocycles. The molecule has 0 aromatic heterocycles. The minimum atomic E-state index is -1.48. The molecule has 1 aromatic rings. The maximum Gasteiger partial charge on any atom is 0.243 e. The lowest BCUT2D eigenvalue weighted by Gasteiger charge is -2.40. The van der Waals surface area contributed by atoms with E-state index in [9.17, 15) is 29.7 Å². The number of nitrogens with one attached hydrogen (secondary N) is 3. The molecule has 0 bridgehead atoms. The zero-order valence-corrected chi connectivity index (χ0v) is 19.5. The van der Waals surface area contributed by atoms with Crippen LogP contribution in [-0.4, -0.2) is 75.8 Å². The summed E-state index contributed by atoms with van der Waals surface area (Å²) in [7, 11) is 0. The van der Waals surface area contributed by atoms with Gasteiger partial charge >= 0.3 is 0 Å². The zero-order chi connectivity index (χ0) is 24.8. The molecule has 3 amide bonds. The maximum atomic E-state index is 13.1. The van der Waals surface area contributed by atoms with E-state index in [-0.39, 0.29) is 11.8 Å². The van der Waals surface area contributed by atoms with Crippen LogP contribution in [0.5, 0.6) is 0 Å². The highest BCUT2D eigenvalue weighted by molar-refractivity contribution is 5.88. The predicted molar refractivity (Wildman–Crippen MR) is 122 cm³/mol. The molecular weight excluding hydrogens is 442 g/mol. The van der Waals surface area contributed by atoms with E-state index in [1.54, 1.807) is 0 Å². The molecule has 0 radical (unpaired) electrons. The van der Waals surface area contributed by atoms with E-state index in [0.29, 0.717) is 19.3 Å². The van der Waals surface area contributed by atoms with Crippen LogP contribution < -0.4 is 16.0 Å². The first-order chi connectivity index (χ1) is 16.2. The Morgan fingerprint density at radius 1 is 1.00 bits per heavy atom. The van der Waals surface area contributed by atoms with Gasteiger partial charge in [-0.15, -0.1) is 0 Å². The first kappa shape index (κ1) is 26.1. The van der Waals surface area contributed by atoms with Gasteiger partial charge in [0.1, 0.15) is 24.4 Å². The summed E-state index contributed by atoms with van der Waals surface area (Å²) in [6.07, 6.45) is -3.08. The third kappa shape index (κ3) is 6.53. The van der Waals surface area contributed by atoms with Crippen LogP contribution in [0, 0.1) is 5.92 Å². The van der Waals surface area contributed by atoms with E-state index in [2.05, 4.69) is 16.0 Å². The second-order valence-corrected chi connectivity index (χ2v) is 9.19. The molecule has 34 heavy (non-hydrogen) atoms. The van der Waals surface area contributed by atoms with Crippen molar-refractivity contribution < 1.29 is 34.4 Å². The summed E-state index contributed by atoms with van der Waals surface area (Å²) >= 11 is 0. The van der Waals surface area contributed by atoms with Gasteiger partial charge in [0.25, 0.3) is 0 Å². The summed E-state index contributed by atoms with van der Waals surface area (Å²) in [5.74, 6) is -1.68. The molecule has 0 spiro atoms. The van der Waals surface area contributed by atoms with Crippen molar-refractivity contribution in [1.29, 1.82) is 0 Å². The minimum absolute atomic E-state index is 0.316. The molecule has 0 unspecified atom stereocenters. The number of aliphatic hydroxyl groups excluding tert-OH is 3. The van der Waals surface area contributed by atoms with Crippen LogP contribution >= 0.6 is 0 Å². The summed E-state index contributed by atoms with van der Waals surface area (Å²) < 4.78 is 5.48. The molecule has 8 atom stereocenters. The van der Waals surface area contributed by atoms with E-state index >= 15 is 0 Å². The molecule has 2 aliphatic rings. The van der Waals surface area contributed by atoms with Crippen molar-refractivity contribution >= 4 is 17.7 Å². The smallest absolute Gasteiger partial charge is 0.243 e. The molecule has 2 fully saturated rings. The number of aliphatic hydroxyl groups is 3. The van der Waals surface area contributed by atoms with Gasteiger partial charge in [-0.1, -0.05) is 43.2 Å². The van der Waals surface area contributed by atoms with Gasteiger partial charge in [0.2, 0.25) is 17.7 Å². The first-order valence-corrected chi connectivity index (χ1v) is 11.8. The predicted octanol–water partition coefficient (Wildman–Crippen LogP) is -0.647. The number of rotatable bonds is 7. The fourth-order valence-corrected chi connectivity index (χ4v) is 4.62. The third-order valence-corrected chi connectivity index (χ3v) is 6.54. The van der Waals surface area contributed by atoms with Crippen LogP contribution in [0.15, 0.2) is 30.3 Å². The Kier molecular flexibility index (Phi) is 9.01. The molecule has 188 valence electrons. The van der Waals surface area contributed by atoms with Crippen molar-refractivity contribution in [3.05, 3.63) is 35.9 Å². The van der Waals surface area contributed by atoms with E-state index in [1.165, 1.54) is 13.8 Å². The summed E-state index contributed by atoms with van der Waals surface area (Å²) in [4.78, 5) is 37.9. The van der Waals surface area contributed by atoms with Crippen LogP contribution in [0.2, 0.25) is 0 Å². The largest absolute Gasteiger partial charge is 0.388 e. The van der Waals surface area contributed by atoms with E-state index in [1.807, 2.05) is 30.3 Å². The van der Waals surface area contributed by atoms with E-state index < -0.39 is 54.6 Å². The molecule has 3 rings (SSSR count). The average molecular weight is 478 g/mol. The van der Waals surface area contributed by atoms with Crippen molar-refractivity contribution in [3.8, 4) is 0 Å². The minimum Gasteiger partial charge on any atom is -0.388 e. The first-order valence-electron chi connectivity index (χ1n) is 11.8. The Labute approximate surface area is 199 Å². The highest BCUT2D eigenvalue weighted by atomic mass is 16.5. The van der Waals surface area contributed by atoms with E-state index in [4.69, 9.17) is 4.74 Å². The van der Waals surface area contributed by atoms with Crippen LogP contribution in [0.1, 0.15) is 45.1 Å². The standard InChI is InChI=1S/C24H35N3O7/c1-13-19(29)20(30)21(31)24(34-13)27-22(32)16-10-6-7-11-17(16)26-23(33)18(25-14(2)28)12-15-8-4-3-5-9-15/h3-5,8-9,13,16-21,24,29-31H,6-7,10-12H2,1-2H3,(H,25,28)(H,26,33)(H,27,32)/t13-,16-,17+,18+,19+,20+,21-,24+/m0/s1. The number of carbonyl (C=O) groups is 3. The normalized spacial score (nSPS) is 32.3. The Bertz CT molecular complexity index is 852. The maximum absolute atomic E-state index is 13.1. The molecule has 1 saturated carbocycles. The Hall–Kier alpha value is -2.53. The monoisotopic (exact) mass is 477 g/mol. The SMILES string of the molecule is CC(=O)N[C@H](Cc1ccccc1)C(=O)N[C@@H]1CCCC[C@@H]1C(=O)N[C@@H]1O[C@@H](C)[C@@H](O)[C@@H](O)[C@@H]1O. The second-order valence-electron chi connectivity index (χ2n) is 9.19. The quantitative estimate of drug-likeness (QED) is 0.305. The van der Waals surface area contributed by atoms with Gasteiger partial charge in [-0.2, -0.15) is 0 Å². The molecule has 1 aliphatic carbocycles. The third-order valence-electron chi connectivity index (χ3n) is 6.54. The lowest BCUT2D eigenvalue weighted by atomic mass is 9.83. The van der Waals surface area contributed by atoms with Crippen molar-refractivity contribution in [3.63, 3.8) is 0 Å². The number of hydrogen-bond donors (Lipinski definition) is 6. The molecule has 6 N–H and O–H groups in total. The van der Waals surface area contributed by atoms with Gasteiger partial charge in [0, 0.05) is 19.4 Å². The average Bonchev–Trinajstić information content (AvgIpc) is 2.81. The zero-order valence-electron chi connectivity index (χ0n) is 19.5. The fraction of sp³-hybridized carbons (Fsp3) is 0.625. The second kappa shape index (κ2) is 11.7. The topological polar surface area (TPSA) is 157 Å². The number of hydrogen-bond acceptors (Lipinski definition) is 7. The fourth-order valence-electron chi connectivity index (χ4n) is 4.62. The molecule has 1 heterocycles. The molecule has 1 saturated heterocycles. The van der Waals surface area contributed by atoms with Gasteiger partial charge in [0.05, 0.1) is 12.0 Å². The number of carbonyl (C=O) groups excluding carboxylic acids is 3. The molecular formula is C24H35N3O7. The Morgan fingerprint density at radius 2 is 1.68 bits per heavy atom. The van der Waals surface area contributed by atoms with Crippen molar-refractivity contribution in [1.82, 2.24) is 16.0 Å². The lowest BCUT2D eigenvalue weighted by Crippen LogP contribution is -2.63. The summed E-state index contributed by atoms with van der Waals surface area (Å²) in [6.45, 7) is 2.89. The Morgan fingerprint density at radius 3 is 2.35 bits per heavy atom. The van der Waals surface area contributed by atoms with Gasteiger partial charge < -0.3 is 36.0 Å². The van der Waals surface area contributed by atoms with Gasteiger partial charge in [-0.25, -0.2) is 0 Å². The van der Waals surface area contributed by atoms with Crippen molar-refractivity contribution in [2.24, 2.45) is 5.92 Å². The van der Waals surface area contributed by atoms with E-state index in [0.717, 1.165) is 18.4 Å². The molecule has 1 aliphatic heterocycles. The number of amides is 3. The number of benzene rings is 1. The van der Waals surface area contributed by atoms with Crippen LogP contribution in [0.4, 0.5) is 0 Å². The highest BCUT2D eigenvalue weighted by Gasteiger charge is 2.44. The van der Waals surface area contributed by atoms with Crippen LogP contribution in [0.3, 0.4) is 0 Å². The summed E-state index contributed by atoms with van der Waals surface area (Å²) in [6, 6.07) is 8.10. The van der Waals surface area contributed by atoms with Crippen molar-refractivity contribution in [2.75, 3.05) is 0 Å². The number of ether oxygens (including phenoxy) is 1. The van der Waals surface area contributed by atoms with Gasteiger partial charge in [0.15, 0.2) is 6.23 Å². The molecule has 10 nitrogen and oxygen atoms in total. The summed E-state index contributed by atoms with van der Waals surface area (Å²) in [5, 5.41) is 38.3. The van der Waals surface area contributed by atoms with Crippen LogP contribution in [-0.2, 0) is 25.5 Å². The van der Waals surface area contributed by atoms with Crippen LogP contribution in [0.25, 0.3) is 0 Å². The molecule has 10 heteroatoms. The highest BCUT2D eigenvalue weighted by Crippen LogP contribution is 2.26. The Balaban J connectivity index is 1.66.